The van der Waals surface area contributed by atoms with Crippen LogP contribution in [0.25, 0.3) is 11.3 Å². The Morgan fingerprint density at radius 3 is 2.50 bits per heavy atom. The standard InChI is InChI=1S/C11H9FN2/c12-9-7-14-11(6-10(9)13)8-4-2-1-3-5-8/h1-7H,(H2,13,14). The Bertz CT molecular complexity index is 440. The van der Waals surface area contributed by atoms with Crippen LogP contribution in [0, 0.1) is 5.82 Å². The van der Waals surface area contributed by atoms with Crippen molar-refractivity contribution in [3.05, 3.63) is 48.4 Å². The van der Waals surface area contributed by atoms with Gasteiger partial charge >= 0.3 is 0 Å². The number of rotatable bonds is 1. The topological polar surface area (TPSA) is 38.9 Å². The van der Waals surface area contributed by atoms with Gasteiger partial charge in [0.05, 0.1) is 17.6 Å². The molecule has 2 aromatic rings. The molecular formula is C11H9FN2. The van der Waals surface area contributed by atoms with Gasteiger partial charge < -0.3 is 5.73 Å². The third-order valence-electron chi connectivity index (χ3n) is 1.95. The molecule has 2 N–H and O–H groups in total. The molecule has 0 radical (unpaired) electrons. The van der Waals surface area contributed by atoms with E-state index >= 15 is 0 Å². The third-order valence-corrected chi connectivity index (χ3v) is 1.95. The summed E-state index contributed by atoms with van der Waals surface area (Å²) >= 11 is 0. The molecule has 0 aliphatic heterocycles. The van der Waals surface area contributed by atoms with Gasteiger partial charge in [0.25, 0.3) is 0 Å². The van der Waals surface area contributed by atoms with Gasteiger partial charge in [-0.05, 0) is 6.07 Å². The summed E-state index contributed by atoms with van der Waals surface area (Å²) in [5, 5.41) is 0. The Morgan fingerprint density at radius 2 is 1.86 bits per heavy atom. The molecule has 0 aliphatic rings. The number of nitrogen functional groups attached to an aromatic ring is 1. The molecule has 70 valence electrons. The number of nitrogens with two attached hydrogens (primary N) is 1. The van der Waals surface area contributed by atoms with Gasteiger partial charge in [-0.3, -0.25) is 4.98 Å². The van der Waals surface area contributed by atoms with Crippen molar-refractivity contribution in [2.75, 3.05) is 5.73 Å². The molecule has 1 heterocycles. The Hall–Kier alpha value is -1.90. The molecular weight excluding hydrogens is 179 g/mol. The normalized spacial score (nSPS) is 10.1. The van der Waals surface area contributed by atoms with Crippen molar-refractivity contribution in [2.45, 2.75) is 0 Å². The van der Waals surface area contributed by atoms with E-state index in [9.17, 15) is 4.39 Å². The number of hydrogen-bond donors (Lipinski definition) is 1. The summed E-state index contributed by atoms with van der Waals surface area (Å²) in [6.45, 7) is 0. The van der Waals surface area contributed by atoms with Crippen LogP contribution in [0.5, 0.6) is 0 Å². The predicted molar refractivity (Wildman–Crippen MR) is 54.0 cm³/mol. The molecule has 2 rings (SSSR count). The Labute approximate surface area is 81.2 Å². The van der Waals surface area contributed by atoms with Crippen LogP contribution in [-0.4, -0.2) is 4.98 Å². The molecule has 1 aromatic carbocycles. The number of halogens is 1. The van der Waals surface area contributed by atoms with Crippen LogP contribution in [0.4, 0.5) is 10.1 Å². The maximum Gasteiger partial charge on any atom is 0.164 e. The molecule has 0 bridgehead atoms. The van der Waals surface area contributed by atoms with Gasteiger partial charge in [-0.15, -0.1) is 0 Å². The highest BCUT2D eigenvalue weighted by Gasteiger charge is 2.02. The summed E-state index contributed by atoms with van der Waals surface area (Å²) in [7, 11) is 0. The molecule has 0 aliphatic carbocycles. The fourth-order valence-electron chi connectivity index (χ4n) is 1.22. The summed E-state index contributed by atoms with van der Waals surface area (Å²) in [6.07, 6.45) is 1.14. The van der Waals surface area contributed by atoms with E-state index in [-0.39, 0.29) is 5.69 Å². The predicted octanol–water partition coefficient (Wildman–Crippen LogP) is 2.47. The van der Waals surface area contributed by atoms with Crippen molar-refractivity contribution in [1.82, 2.24) is 4.98 Å². The summed E-state index contributed by atoms with van der Waals surface area (Å²) in [5.41, 5.74) is 7.18. The first-order valence-corrected chi connectivity index (χ1v) is 4.24. The van der Waals surface area contributed by atoms with Gasteiger partial charge in [0.15, 0.2) is 5.82 Å². The van der Waals surface area contributed by atoms with Crippen molar-refractivity contribution >= 4 is 5.69 Å². The second kappa shape index (κ2) is 3.46. The van der Waals surface area contributed by atoms with Gasteiger partial charge in [0.1, 0.15) is 0 Å². The van der Waals surface area contributed by atoms with Crippen LogP contribution in [0.2, 0.25) is 0 Å². The van der Waals surface area contributed by atoms with Crippen LogP contribution in [0.15, 0.2) is 42.6 Å². The van der Waals surface area contributed by atoms with Crippen LogP contribution in [0.3, 0.4) is 0 Å². The van der Waals surface area contributed by atoms with Crippen molar-refractivity contribution in [3.63, 3.8) is 0 Å². The molecule has 0 amide bonds. The van der Waals surface area contributed by atoms with Gasteiger partial charge in [-0.1, -0.05) is 30.3 Å². The fourth-order valence-corrected chi connectivity index (χ4v) is 1.22. The summed E-state index contributed by atoms with van der Waals surface area (Å²) in [5.74, 6) is -0.482. The van der Waals surface area contributed by atoms with E-state index in [1.54, 1.807) is 0 Å². The quantitative estimate of drug-likeness (QED) is 0.746. The van der Waals surface area contributed by atoms with Gasteiger partial charge in [-0.25, -0.2) is 4.39 Å². The fraction of sp³-hybridized carbons (Fsp3) is 0. The maximum atomic E-state index is 12.8. The number of pyridine rings is 1. The minimum absolute atomic E-state index is 0.124. The first-order chi connectivity index (χ1) is 6.77. The highest BCUT2D eigenvalue weighted by Crippen LogP contribution is 2.19. The number of benzene rings is 1. The van der Waals surface area contributed by atoms with Crippen LogP contribution in [0.1, 0.15) is 0 Å². The average molecular weight is 188 g/mol. The minimum Gasteiger partial charge on any atom is -0.396 e. The summed E-state index contributed by atoms with van der Waals surface area (Å²) in [6, 6.07) is 11.0. The van der Waals surface area contributed by atoms with Crippen LogP contribution >= 0.6 is 0 Å². The average Bonchev–Trinajstić information content (AvgIpc) is 2.23. The largest absolute Gasteiger partial charge is 0.396 e. The first kappa shape index (κ1) is 8.69. The van der Waals surface area contributed by atoms with Crippen molar-refractivity contribution in [2.24, 2.45) is 0 Å². The summed E-state index contributed by atoms with van der Waals surface area (Å²) < 4.78 is 12.8. The highest BCUT2D eigenvalue weighted by atomic mass is 19.1. The zero-order valence-corrected chi connectivity index (χ0v) is 7.44. The lowest BCUT2D eigenvalue weighted by Gasteiger charge is -2.01. The van der Waals surface area contributed by atoms with E-state index < -0.39 is 5.82 Å². The molecule has 2 nitrogen and oxygen atoms in total. The molecule has 3 heteroatoms. The Morgan fingerprint density at radius 1 is 1.14 bits per heavy atom. The van der Waals surface area contributed by atoms with Crippen molar-refractivity contribution in [3.8, 4) is 11.3 Å². The van der Waals surface area contributed by atoms with E-state index in [1.807, 2.05) is 30.3 Å². The SMILES string of the molecule is Nc1cc(-c2ccccc2)ncc1F. The molecule has 0 fully saturated rings. The number of aromatic nitrogens is 1. The molecule has 0 saturated carbocycles. The molecule has 0 spiro atoms. The van der Waals surface area contributed by atoms with Crippen LogP contribution in [-0.2, 0) is 0 Å². The second-order valence-corrected chi connectivity index (χ2v) is 2.96. The third kappa shape index (κ3) is 1.57. The minimum atomic E-state index is -0.482. The number of nitrogens with zero attached hydrogens (tertiary/aromatic N) is 1. The lowest BCUT2D eigenvalue weighted by molar-refractivity contribution is 0.626. The lowest BCUT2D eigenvalue weighted by Crippen LogP contribution is -1.93. The van der Waals surface area contributed by atoms with E-state index in [1.165, 1.54) is 6.07 Å². The van der Waals surface area contributed by atoms with Crippen molar-refractivity contribution < 1.29 is 4.39 Å². The number of hydrogen-bond acceptors (Lipinski definition) is 2. The molecule has 0 unspecified atom stereocenters. The zero-order chi connectivity index (χ0) is 9.97. The van der Waals surface area contributed by atoms with Crippen molar-refractivity contribution in [1.29, 1.82) is 0 Å². The summed E-state index contributed by atoms with van der Waals surface area (Å²) in [4.78, 5) is 3.95. The van der Waals surface area contributed by atoms with E-state index in [4.69, 9.17) is 5.73 Å². The zero-order valence-electron chi connectivity index (χ0n) is 7.44. The van der Waals surface area contributed by atoms with E-state index in [0.717, 1.165) is 11.8 Å². The molecule has 14 heavy (non-hydrogen) atoms. The molecule has 0 saturated heterocycles. The Kier molecular flexibility index (Phi) is 2.14. The monoisotopic (exact) mass is 188 g/mol. The first-order valence-electron chi connectivity index (χ1n) is 4.24. The van der Waals surface area contributed by atoms with Gasteiger partial charge in [0.2, 0.25) is 0 Å². The van der Waals surface area contributed by atoms with E-state index in [0.29, 0.717) is 5.69 Å². The van der Waals surface area contributed by atoms with Gasteiger partial charge in [-0.2, -0.15) is 0 Å². The van der Waals surface area contributed by atoms with Crippen LogP contribution < -0.4 is 5.73 Å². The number of anilines is 1. The van der Waals surface area contributed by atoms with E-state index in [2.05, 4.69) is 4.98 Å². The lowest BCUT2D eigenvalue weighted by atomic mass is 10.1. The second-order valence-electron chi connectivity index (χ2n) is 2.96. The smallest absolute Gasteiger partial charge is 0.164 e. The Balaban J connectivity index is 2.48. The van der Waals surface area contributed by atoms with Gasteiger partial charge in [0, 0.05) is 5.56 Å². The molecule has 1 aromatic heterocycles. The maximum absolute atomic E-state index is 12.8. The molecule has 0 atom stereocenters. The highest BCUT2D eigenvalue weighted by molar-refractivity contribution is 5.62.